The summed E-state index contributed by atoms with van der Waals surface area (Å²) in [6, 6.07) is 16.1. The second kappa shape index (κ2) is 12.6. The van der Waals surface area contributed by atoms with Crippen molar-refractivity contribution in [3.05, 3.63) is 59.7 Å². The van der Waals surface area contributed by atoms with E-state index >= 15 is 0 Å². The van der Waals surface area contributed by atoms with E-state index in [1.54, 1.807) is 14.2 Å². The summed E-state index contributed by atoms with van der Waals surface area (Å²) < 4.78 is 16.2. The molecule has 6 nitrogen and oxygen atoms in total. The molecule has 2 aromatic rings. The Labute approximate surface area is 167 Å². The first-order valence-electron chi connectivity index (χ1n) is 9.59. The van der Waals surface area contributed by atoms with Gasteiger partial charge >= 0.3 is 0 Å². The standard InChI is InChI=1S/C22H31N3O3/c1-26-20-11-10-18(16-21(20)27-2)12-14-25-22(23)24-13-6-7-15-28-17-19-8-4-3-5-9-19/h3-5,8-11,16H,6-7,12-15,17H2,1-2H3,(H3,23,24,25). The lowest BCUT2D eigenvalue weighted by molar-refractivity contribution is 0.117. The number of ether oxygens (including phenoxy) is 3. The summed E-state index contributed by atoms with van der Waals surface area (Å²) in [5.41, 5.74) is 8.26. The number of guanidine groups is 1. The quantitative estimate of drug-likeness (QED) is 0.333. The Kier molecular flexibility index (Phi) is 9.72. The van der Waals surface area contributed by atoms with Gasteiger partial charge in [0.25, 0.3) is 0 Å². The molecule has 0 aromatic heterocycles. The Hall–Kier alpha value is -2.73. The molecule has 0 amide bonds. The third-order valence-corrected chi connectivity index (χ3v) is 4.26. The van der Waals surface area contributed by atoms with Crippen LogP contribution < -0.4 is 20.5 Å². The van der Waals surface area contributed by atoms with Gasteiger partial charge in [0.15, 0.2) is 17.5 Å². The van der Waals surface area contributed by atoms with Gasteiger partial charge in [-0.25, -0.2) is 0 Å². The smallest absolute Gasteiger partial charge is 0.188 e. The van der Waals surface area contributed by atoms with Gasteiger partial charge in [0.1, 0.15) is 0 Å². The van der Waals surface area contributed by atoms with Crippen LogP contribution in [-0.4, -0.2) is 39.9 Å². The van der Waals surface area contributed by atoms with Crippen molar-refractivity contribution in [2.24, 2.45) is 10.7 Å². The molecule has 0 atom stereocenters. The second-order valence-corrected chi connectivity index (χ2v) is 6.38. The minimum atomic E-state index is 0.477. The number of hydrogen-bond acceptors (Lipinski definition) is 4. The molecule has 0 aliphatic rings. The summed E-state index contributed by atoms with van der Waals surface area (Å²) in [4.78, 5) is 4.36. The van der Waals surface area contributed by atoms with Gasteiger partial charge in [-0.15, -0.1) is 0 Å². The zero-order valence-corrected chi connectivity index (χ0v) is 16.8. The Bertz CT molecular complexity index is 720. The molecule has 0 aliphatic heterocycles. The third-order valence-electron chi connectivity index (χ3n) is 4.26. The van der Waals surface area contributed by atoms with Crippen LogP contribution in [0, 0.1) is 0 Å². The number of benzene rings is 2. The highest BCUT2D eigenvalue weighted by atomic mass is 16.5. The van der Waals surface area contributed by atoms with Crippen molar-refractivity contribution in [3.8, 4) is 11.5 Å². The molecule has 2 rings (SSSR count). The first kappa shape index (κ1) is 21.6. The predicted molar refractivity (Wildman–Crippen MR) is 113 cm³/mol. The first-order chi connectivity index (χ1) is 13.7. The van der Waals surface area contributed by atoms with Gasteiger partial charge in [0.05, 0.1) is 20.8 Å². The highest BCUT2D eigenvalue weighted by Gasteiger charge is 2.04. The summed E-state index contributed by atoms with van der Waals surface area (Å²) in [6.07, 6.45) is 2.74. The van der Waals surface area contributed by atoms with Gasteiger partial charge in [-0.3, -0.25) is 4.99 Å². The molecular formula is C22H31N3O3. The molecule has 0 fully saturated rings. The average molecular weight is 386 g/mol. The monoisotopic (exact) mass is 385 g/mol. The van der Waals surface area contributed by atoms with Crippen molar-refractivity contribution in [1.82, 2.24) is 5.32 Å². The van der Waals surface area contributed by atoms with E-state index in [-0.39, 0.29) is 0 Å². The Morgan fingerprint density at radius 3 is 2.50 bits per heavy atom. The van der Waals surface area contributed by atoms with E-state index in [9.17, 15) is 0 Å². The van der Waals surface area contributed by atoms with Crippen LogP contribution in [0.5, 0.6) is 11.5 Å². The summed E-state index contributed by atoms with van der Waals surface area (Å²) in [5, 5.41) is 3.15. The van der Waals surface area contributed by atoms with Crippen LogP contribution in [-0.2, 0) is 17.8 Å². The van der Waals surface area contributed by atoms with Crippen molar-refractivity contribution >= 4 is 5.96 Å². The molecule has 0 bridgehead atoms. The molecule has 0 unspecified atom stereocenters. The Balaban J connectivity index is 1.56. The van der Waals surface area contributed by atoms with Gasteiger partial charge in [-0.05, 0) is 42.5 Å². The Morgan fingerprint density at radius 1 is 0.964 bits per heavy atom. The highest BCUT2D eigenvalue weighted by molar-refractivity contribution is 5.77. The Morgan fingerprint density at radius 2 is 1.75 bits per heavy atom. The molecule has 0 spiro atoms. The zero-order valence-electron chi connectivity index (χ0n) is 16.8. The zero-order chi connectivity index (χ0) is 20.0. The number of aliphatic imine (C=N–C) groups is 1. The molecular weight excluding hydrogens is 354 g/mol. The van der Waals surface area contributed by atoms with E-state index in [1.807, 2.05) is 36.4 Å². The van der Waals surface area contributed by atoms with Crippen molar-refractivity contribution in [2.45, 2.75) is 25.9 Å². The van der Waals surface area contributed by atoms with Gasteiger partial charge in [-0.2, -0.15) is 0 Å². The molecule has 152 valence electrons. The van der Waals surface area contributed by atoms with Crippen LogP contribution >= 0.6 is 0 Å². The van der Waals surface area contributed by atoms with Crippen molar-refractivity contribution < 1.29 is 14.2 Å². The van der Waals surface area contributed by atoms with Crippen molar-refractivity contribution in [3.63, 3.8) is 0 Å². The molecule has 0 heterocycles. The maximum absolute atomic E-state index is 5.92. The molecule has 6 heteroatoms. The van der Waals surface area contributed by atoms with Crippen LogP contribution in [0.2, 0.25) is 0 Å². The lowest BCUT2D eigenvalue weighted by atomic mass is 10.1. The van der Waals surface area contributed by atoms with E-state index in [1.165, 1.54) is 5.56 Å². The number of unbranched alkanes of at least 4 members (excludes halogenated alkanes) is 1. The van der Waals surface area contributed by atoms with Crippen LogP contribution in [0.25, 0.3) is 0 Å². The van der Waals surface area contributed by atoms with E-state index in [0.717, 1.165) is 42.9 Å². The molecule has 0 saturated carbocycles. The van der Waals surface area contributed by atoms with Crippen LogP contribution in [0.1, 0.15) is 24.0 Å². The molecule has 0 aliphatic carbocycles. The first-order valence-corrected chi connectivity index (χ1v) is 9.59. The summed E-state index contributed by atoms with van der Waals surface area (Å²) >= 11 is 0. The molecule has 3 N–H and O–H groups in total. The fourth-order valence-corrected chi connectivity index (χ4v) is 2.71. The predicted octanol–water partition coefficient (Wildman–Crippen LogP) is 3.15. The number of hydrogen-bond donors (Lipinski definition) is 2. The number of nitrogens with zero attached hydrogens (tertiary/aromatic N) is 1. The third kappa shape index (κ3) is 7.88. The van der Waals surface area contributed by atoms with Gasteiger partial charge in [0.2, 0.25) is 0 Å². The van der Waals surface area contributed by atoms with Gasteiger partial charge in [0, 0.05) is 19.7 Å². The maximum atomic E-state index is 5.92. The molecule has 0 saturated heterocycles. The average Bonchev–Trinajstić information content (AvgIpc) is 2.73. The van der Waals surface area contributed by atoms with E-state index < -0.39 is 0 Å². The molecule has 2 aromatic carbocycles. The van der Waals surface area contributed by atoms with E-state index in [0.29, 0.717) is 25.7 Å². The summed E-state index contributed by atoms with van der Waals surface area (Å²) in [6.45, 7) is 2.80. The minimum Gasteiger partial charge on any atom is -0.493 e. The van der Waals surface area contributed by atoms with Crippen LogP contribution in [0.15, 0.2) is 53.5 Å². The van der Waals surface area contributed by atoms with Crippen molar-refractivity contribution in [1.29, 1.82) is 0 Å². The minimum absolute atomic E-state index is 0.477. The second-order valence-electron chi connectivity index (χ2n) is 6.38. The largest absolute Gasteiger partial charge is 0.493 e. The fraction of sp³-hybridized carbons (Fsp3) is 0.409. The lowest BCUT2D eigenvalue weighted by Gasteiger charge is -2.10. The van der Waals surface area contributed by atoms with Gasteiger partial charge < -0.3 is 25.3 Å². The number of nitrogens with two attached hydrogens (primary N) is 1. The van der Waals surface area contributed by atoms with E-state index in [4.69, 9.17) is 19.9 Å². The fourth-order valence-electron chi connectivity index (χ4n) is 2.71. The normalized spacial score (nSPS) is 11.3. The van der Waals surface area contributed by atoms with Gasteiger partial charge in [-0.1, -0.05) is 36.4 Å². The van der Waals surface area contributed by atoms with E-state index in [2.05, 4.69) is 22.4 Å². The summed E-state index contributed by atoms with van der Waals surface area (Å²) in [5.74, 6) is 1.94. The lowest BCUT2D eigenvalue weighted by Crippen LogP contribution is -2.33. The number of rotatable bonds is 12. The van der Waals surface area contributed by atoms with Crippen molar-refractivity contribution in [2.75, 3.05) is 33.9 Å². The molecule has 0 radical (unpaired) electrons. The maximum Gasteiger partial charge on any atom is 0.188 e. The SMILES string of the molecule is COc1ccc(CCNC(N)=NCCCCOCc2ccccc2)cc1OC. The number of nitrogens with one attached hydrogen (secondary N) is 1. The summed E-state index contributed by atoms with van der Waals surface area (Å²) in [7, 11) is 3.27. The van der Waals surface area contributed by atoms with Crippen LogP contribution in [0.3, 0.4) is 0 Å². The molecule has 28 heavy (non-hydrogen) atoms. The number of methoxy groups -OCH3 is 2. The van der Waals surface area contributed by atoms with Crippen LogP contribution in [0.4, 0.5) is 0 Å². The topological polar surface area (TPSA) is 78.1 Å². The highest BCUT2D eigenvalue weighted by Crippen LogP contribution is 2.27.